The summed E-state index contributed by atoms with van der Waals surface area (Å²) < 4.78 is 5.03. The lowest BCUT2D eigenvalue weighted by Gasteiger charge is -2.39. The van der Waals surface area contributed by atoms with Gasteiger partial charge in [0.05, 0.1) is 29.1 Å². The fourth-order valence-electron chi connectivity index (χ4n) is 5.73. The molecule has 0 unspecified atom stereocenters. The van der Waals surface area contributed by atoms with E-state index in [-0.39, 0.29) is 5.97 Å². The SMILES string of the molecule is COC(=O)c1ccc(N2CCN(CC3=C(c4ccc(Cl)cc4)CC(C)(C)CC3)CC2)cc1Nc1ccccc1Cl. The van der Waals surface area contributed by atoms with Crippen LogP contribution in [0.25, 0.3) is 5.57 Å². The Labute approximate surface area is 247 Å². The van der Waals surface area contributed by atoms with Gasteiger partial charge in [-0.3, -0.25) is 4.90 Å². The van der Waals surface area contributed by atoms with E-state index >= 15 is 0 Å². The van der Waals surface area contributed by atoms with Crippen LogP contribution in [-0.2, 0) is 4.74 Å². The van der Waals surface area contributed by atoms with E-state index in [0.717, 1.165) is 62.0 Å². The molecule has 1 fully saturated rings. The van der Waals surface area contributed by atoms with Gasteiger partial charge < -0.3 is 15.0 Å². The van der Waals surface area contributed by atoms with Crippen LogP contribution in [0.4, 0.5) is 17.1 Å². The maximum Gasteiger partial charge on any atom is 0.339 e. The van der Waals surface area contributed by atoms with E-state index in [1.54, 1.807) is 5.57 Å². The van der Waals surface area contributed by atoms with Gasteiger partial charge in [0.1, 0.15) is 0 Å². The molecular weight excluding hydrogens is 541 g/mol. The number of nitrogens with one attached hydrogen (secondary N) is 1. The number of carbonyl (C=O) groups is 1. The fraction of sp³-hybridized carbons (Fsp3) is 0.364. The smallest absolute Gasteiger partial charge is 0.339 e. The molecule has 0 atom stereocenters. The maximum absolute atomic E-state index is 12.5. The Hall–Kier alpha value is -2.99. The van der Waals surface area contributed by atoms with E-state index < -0.39 is 0 Å². The zero-order valence-corrected chi connectivity index (χ0v) is 25.0. The van der Waals surface area contributed by atoms with E-state index in [9.17, 15) is 4.79 Å². The number of allylic oxidation sites excluding steroid dienone is 1. The van der Waals surface area contributed by atoms with Crippen molar-refractivity contribution in [1.82, 2.24) is 4.90 Å². The molecule has 0 spiro atoms. The number of carbonyl (C=O) groups excluding carboxylic acids is 1. The second-order valence-electron chi connectivity index (χ2n) is 11.5. The first-order valence-electron chi connectivity index (χ1n) is 13.9. The van der Waals surface area contributed by atoms with Crippen LogP contribution >= 0.6 is 23.2 Å². The normalized spacial score (nSPS) is 17.6. The van der Waals surface area contributed by atoms with Gasteiger partial charge in [-0.15, -0.1) is 0 Å². The van der Waals surface area contributed by atoms with Crippen molar-refractivity contribution >= 4 is 51.8 Å². The van der Waals surface area contributed by atoms with Crippen LogP contribution in [0.2, 0.25) is 10.0 Å². The number of para-hydroxylation sites is 1. The lowest BCUT2D eigenvalue weighted by molar-refractivity contribution is 0.0602. The van der Waals surface area contributed by atoms with Gasteiger partial charge in [-0.05, 0) is 78.3 Å². The molecule has 1 aliphatic carbocycles. The number of benzene rings is 3. The highest BCUT2D eigenvalue weighted by Crippen LogP contribution is 2.43. The van der Waals surface area contributed by atoms with Crippen LogP contribution in [-0.4, -0.2) is 50.7 Å². The van der Waals surface area contributed by atoms with Crippen LogP contribution in [0, 0.1) is 5.41 Å². The number of rotatable bonds is 7. The molecule has 0 saturated carbocycles. The van der Waals surface area contributed by atoms with Crippen molar-refractivity contribution in [3.63, 3.8) is 0 Å². The molecule has 0 bridgehead atoms. The number of anilines is 3. The first-order chi connectivity index (χ1) is 19.2. The number of methoxy groups -OCH3 is 1. The third-order valence-corrected chi connectivity index (χ3v) is 8.66. The predicted molar refractivity (Wildman–Crippen MR) is 167 cm³/mol. The number of nitrogens with zero attached hydrogens (tertiary/aromatic N) is 2. The van der Waals surface area contributed by atoms with Crippen LogP contribution in [0.3, 0.4) is 0 Å². The van der Waals surface area contributed by atoms with Gasteiger partial charge in [0, 0.05) is 43.4 Å². The number of hydrogen-bond donors (Lipinski definition) is 1. The summed E-state index contributed by atoms with van der Waals surface area (Å²) in [4.78, 5) is 17.4. The summed E-state index contributed by atoms with van der Waals surface area (Å²) in [6.07, 6.45) is 3.45. The quantitative estimate of drug-likeness (QED) is 0.286. The molecule has 1 N–H and O–H groups in total. The van der Waals surface area contributed by atoms with E-state index in [4.69, 9.17) is 27.9 Å². The molecule has 5 rings (SSSR count). The van der Waals surface area contributed by atoms with Crippen molar-refractivity contribution < 1.29 is 9.53 Å². The summed E-state index contributed by atoms with van der Waals surface area (Å²) in [5.74, 6) is -0.383. The molecule has 1 heterocycles. The van der Waals surface area contributed by atoms with Crippen molar-refractivity contribution in [1.29, 1.82) is 0 Å². The third-order valence-electron chi connectivity index (χ3n) is 8.08. The lowest BCUT2D eigenvalue weighted by atomic mass is 9.72. The lowest BCUT2D eigenvalue weighted by Crippen LogP contribution is -2.47. The molecule has 1 aliphatic heterocycles. The summed E-state index contributed by atoms with van der Waals surface area (Å²) in [5, 5.41) is 4.72. The molecular formula is C33H37Cl2N3O2. The van der Waals surface area contributed by atoms with E-state index in [1.807, 2.05) is 54.6 Å². The second-order valence-corrected chi connectivity index (χ2v) is 12.4. The largest absolute Gasteiger partial charge is 0.465 e. The number of halogens is 2. The highest BCUT2D eigenvalue weighted by molar-refractivity contribution is 6.33. The van der Waals surface area contributed by atoms with E-state index in [0.29, 0.717) is 21.7 Å². The monoisotopic (exact) mass is 577 g/mol. The molecule has 2 aliphatic rings. The number of piperazine rings is 1. The third kappa shape index (κ3) is 6.65. The maximum atomic E-state index is 12.5. The molecule has 40 heavy (non-hydrogen) atoms. The van der Waals surface area contributed by atoms with E-state index in [1.165, 1.54) is 24.7 Å². The van der Waals surface area contributed by atoms with E-state index in [2.05, 4.69) is 41.1 Å². The molecule has 0 amide bonds. The standard InChI is InChI=1S/C33H37Cl2N3O2/c1-33(2)15-14-24(28(21-33)23-8-10-25(34)11-9-23)22-37-16-18-38(19-17-37)26-12-13-27(32(39)40-3)31(20-26)36-30-7-5-4-6-29(30)35/h4-13,20,36H,14-19,21-22H2,1-3H3. The molecule has 1 saturated heterocycles. The van der Waals surface area contributed by atoms with Gasteiger partial charge in [0.25, 0.3) is 0 Å². The highest BCUT2D eigenvalue weighted by atomic mass is 35.5. The highest BCUT2D eigenvalue weighted by Gasteiger charge is 2.29. The Bertz CT molecular complexity index is 1390. The van der Waals surface area contributed by atoms with Gasteiger partial charge in [0.2, 0.25) is 0 Å². The molecule has 0 radical (unpaired) electrons. The molecule has 0 aromatic heterocycles. The Morgan fingerprint density at radius 1 is 0.950 bits per heavy atom. The summed E-state index contributed by atoms with van der Waals surface area (Å²) in [6, 6.07) is 21.7. The van der Waals surface area contributed by atoms with Crippen molar-refractivity contribution in [2.75, 3.05) is 50.1 Å². The van der Waals surface area contributed by atoms with Gasteiger partial charge in [0.15, 0.2) is 0 Å². The van der Waals surface area contributed by atoms with Crippen LogP contribution in [0.15, 0.2) is 72.3 Å². The van der Waals surface area contributed by atoms with Crippen molar-refractivity contribution in [3.05, 3.63) is 93.5 Å². The van der Waals surface area contributed by atoms with Crippen molar-refractivity contribution in [3.8, 4) is 0 Å². The molecule has 3 aromatic carbocycles. The summed E-state index contributed by atoms with van der Waals surface area (Å²) in [7, 11) is 1.40. The number of ether oxygens (including phenoxy) is 1. The first kappa shape index (κ1) is 28.5. The van der Waals surface area contributed by atoms with Gasteiger partial charge in [-0.2, -0.15) is 0 Å². The number of esters is 1. The van der Waals surface area contributed by atoms with Gasteiger partial charge in [-0.1, -0.05) is 66.9 Å². The Kier molecular flexibility index (Phi) is 8.74. The molecule has 7 heteroatoms. The van der Waals surface area contributed by atoms with Crippen LogP contribution < -0.4 is 10.2 Å². The van der Waals surface area contributed by atoms with Crippen LogP contribution in [0.5, 0.6) is 0 Å². The van der Waals surface area contributed by atoms with Gasteiger partial charge >= 0.3 is 5.97 Å². The van der Waals surface area contributed by atoms with Gasteiger partial charge in [-0.25, -0.2) is 4.79 Å². The summed E-state index contributed by atoms with van der Waals surface area (Å²) in [5.41, 5.74) is 7.64. The first-order valence-corrected chi connectivity index (χ1v) is 14.7. The zero-order valence-electron chi connectivity index (χ0n) is 23.5. The number of hydrogen-bond acceptors (Lipinski definition) is 5. The minimum absolute atomic E-state index is 0.309. The predicted octanol–water partition coefficient (Wildman–Crippen LogP) is 8.31. The molecule has 3 aromatic rings. The van der Waals surface area contributed by atoms with Crippen molar-refractivity contribution in [2.24, 2.45) is 5.41 Å². The topological polar surface area (TPSA) is 44.8 Å². The fourth-order valence-corrected chi connectivity index (χ4v) is 6.03. The summed E-state index contributed by atoms with van der Waals surface area (Å²) >= 11 is 12.6. The minimum atomic E-state index is -0.383. The average molecular weight is 579 g/mol. The second kappa shape index (κ2) is 12.3. The average Bonchev–Trinajstić information content (AvgIpc) is 2.95. The molecule has 210 valence electrons. The zero-order chi connectivity index (χ0) is 28.3. The Morgan fingerprint density at radius 2 is 1.68 bits per heavy atom. The molecule has 5 nitrogen and oxygen atoms in total. The Balaban J connectivity index is 1.31. The van der Waals surface area contributed by atoms with Crippen LogP contribution in [0.1, 0.15) is 49.0 Å². The van der Waals surface area contributed by atoms with Crippen molar-refractivity contribution in [2.45, 2.75) is 33.1 Å². The minimum Gasteiger partial charge on any atom is -0.465 e. The summed E-state index contributed by atoms with van der Waals surface area (Å²) in [6.45, 7) is 9.54. The Morgan fingerprint density at radius 3 is 2.38 bits per heavy atom.